The fraction of sp³-hybridized carbons (Fsp3) is 0.538. The number of hydrogen-bond donors (Lipinski definition) is 2. The van der Waals surface area contributed by atoms with Crippen LogP contribution in [0.4, 0.5) is 22.0 Å². The predicted molar refractivity (Wildman–Crippen MR) is 70.5 cm³/mol. The van der Waals surface area contributed by atoms with Gasteiger partial charge in [0.2, 0.25) is 5.82 Å². The second-order valence-electron chi connectivity index (χ2n) is 5.71. The number of benzene rings is 1. The van der Waals surface area contributed by atoms with Crippen molar-refractivity contribution in [1.82, 2.24) is 0 Å². The second-order valence-corrected chi connectivity index (χ2v) is 5.71. The minimum absolute atomic E-state index is 0. The molecular weight excluding hydrogens is 317 g/mol. The minimum Gasteiger partial charge on any atom is -0.388 e. The van der Waals surface area contributed by atoms with E-state index in [2.05, 4.69) is 0 Å². The monoisotopic (exact) mass is 333 g/mol. The third-order valence-corrected chi connectivity index (χ3v) is 3.17. The molecule has 0 aromatic heterocycles. The molecule has 0 heterocycles. The van der Waals surface area contributed by atoms with E-state index in [1.807, 2.05) is 0 Å². The van der Waals surface area contributed by atoms with Gasteiger partial charge in [0.15, 0.2) is 23.3 Å². The first-order chi connectivity index (χ1) is 8.98. The van der Waals surface area contributed by atoms with Crippen LogP contribution in [-0.4, -0.2) is 11.1 Å². The molecular formula is C13H17ClF5NO. The maximum atomic E-state index is 13.5. The van der Waals surface area contributed by atoms with Crippen molar-refractivity contribution < 1.29 is 27.1 Å². The Hall–Kier alpha value is -0.920. The molecule has 0 saturated heterocycles. The van der Waals surface area contributed by atoms with Gasteiger partial charge in [-0.15, -0.1) is 12.4 Å². The summed E-state index contributed by atoms with van der Waals surface area (Å²) < 4.78 is 65.9. The first-order valence-corrected chi connectivity index (χ1v) is 5.93. The molecule has 0 unspecified atom stereocenters. The molecule has 2 nitrogen and oxygen atoms in total. The maximum absolute atomic E-state index is 13.5. The number of rotatable bonds is 3. The molecule has 0 saturated carbocycles. The highest BCUT2D eigenvalue weighted by atomic mass is 35.5. The van der Waals surface area contributed by atoms with E-state index in [9.17, 15) is 27.1 Å². The van der Waals surface area contributed by atoms with Crippen molar-refractivity contribution in [1.29, 1.82) is 0 Å². The smallest absolute Gasteiger partial charge is 0.200 e. The van der Waals surface area contributed by atoms with Gasteiger partial charge in [0.1, 0.15) is 0 Å². The third-order valence-electron chi connectivity index (χ3n) is 3.17. The van der Waals surface area contributed by atoms with Gasteiger partial charge in [-0.3, -0.25) is 0 Å². The second kappa shape index (κ2) is 6.89. The van der Waals surface area contributed by atoms with Gasteiger partial charge >= 0.3 is 0 Å². The minimum atomic E-state index is -2.25. The first kappa shape index (κ1) is 20.1. The van der Waals surface area contributed by atoms with Crippen LogP contribution < -0.4 is 5.73 Å². The molecule has 1 aromatic carbocycles. The number of hydrogen-bond acceptors (Lipinski definition) is 2. The Morgan fingerprint density at radius 1 is 0.905 bits per heavy atom. The van der Waals surface area contributed by atoms with E-state index in [1.54, 1.807) is 20.8 Å². The van der Waals surface area contributed by atoms with E-state index in [0.717, 1.165) is 0 Å². The predicted octanol–water partition coefficient (Wildman–Crippen LogP) is 3.60. The molecule has 0 fully saturated rings. The highest BCUT2D eigenvalue weighted by molar-refractivity contribution is 5.85. The standard InChI is InChI=1S/C13H16F5NO.ClH/c1-13(2,3)6(19)4-5(20)7-8(14)10(16)12(18)11(17)9(7)15;/h5-6,20H,4,19H2,1-3H3;1H/t5-,6+;/m0./s1. The van der Waals surface area contributed by atoms with Crippen molar-refractivity contribution in [3.05, 3.63) is 34.6 Å². The molecule has 3 N–H and O–H groups in total. The van der Waals surface area contributed by atoms with Crippen molar-refractivity contribution in [2.75, 3.05) is 0 Å². The summed E-state index contributed by atoms with van der Waals surface area (Å²) in [5.74, 6) is -10.5. The summed E-state index contributed by atoms with van der Waals surface area (Å²) in [6.07, 6.45) is -2.21. The van der Waals surface area contributed by atoms with Crippen molar-refractivity contribution in [3.8, 4) is 0 Å². The molecule has 0 spiro atoms. The lowest BCUT2D eigenvalue weighted by Gasteiger charge is -2.29. The molecule has 0 aliphatic rings. The largest absolute Gasteiger partial charge is 0.388 e. The van der Waals surface area contributed by atoms with Crippen molar-refractivity contribution in [2.24, 2.45) is 11.1 Å². The van der Waals surface area contributed by atoms with Gasteiger partial charge in [-0.2, -0.15) is 0 Å². The SMILES string of the molecule is CC(C)(C)[C@H](N)C[C@H](O)c1c(F)c(F)c(F)c(F)c1F.Cl. The number of aliphatic hydroxyl groups excluding tert-OH is 1. The van der Waals surface area contributed by atoms with E-state index < -0.39 is 52.2 Å². The molecule has 0 bridgehead atoms. The summed E-state index contributed by atoms with van der Waals surface area (Å²) in [5.41, 5.74) is 3.98. The Morgan fingerprint density at radius 3 is 1.57 bits per heavy atom. The topological polar surface area (TPSA) is 46.2 Å². The van der Waals surface area contributed by atoms with Gasteiger partial charge < -0.3 is 10.8 Å². The van der Waals surface area contributed by atoms with Crippen LogP contribution in [0, 0.1) is 34.5 Å². The van der Waals surface area contributed by atoms with E-state index in [0.29, 0.717) is 0 Å². The van der Waals surface area contributed by atoms with Crippen LogP contribution in [-0.2, 0) is 0 Å². The fourth-order valence-corrected chi connectivity index (χ4v) is 1.63. The van der Waals surface area contributed by atoms with E-state index in [-0.39, 0.29) is 18.8 Å². The summed E-state index contributed by atoms with van der Waals surface area (Å²) in [7, 11) is 0. The van der Waals surface area contributed by atoms with Crippen LogP contribution in [0.25, 0.3) is 0 Å². The Bertz CT molecular complexity index is 489. The third kappa shape index (κ3) is 4.05. The summed E-state index contributed by atoms with van der Waals surface area (Å²) in [5, 5.41) is 9.74. The average molecular weight is 334 g/mol. The Balaban J connectivity index is 0.00000400. The molecule has 0 radical (unpaired) electrons. The molecule has 8 heteroatoms. The first-order valence-electron chi connectivity index (χ1n) is 5.93. The van der Waals surface area contributed by atoms with Crippen molar-refractivity contribution in [2.45, 2.75) is 39.3 Å². The zero-order valence-corrected chi connectivity index (χ0v) is 12.5. The van der Waals surface area contributed by atoms with E-state index >= 15 is 0 Å². The van der Waals surface area contributed by atoms with Gasteiger partial charge in [0.25, 0.3) is 0 Å². The van der Waals surface area contributed by atoms with Crippen LogP contribution in [0.5, 0.6) is 0 Å². The Morgan fingerprint density at radius 2 is 1.24 bits per heavy atom. The number of aliphatic hydroxyl groups is 1. The zero-order valence-electron chi connectivity index (χ0n) is 11.7. The normalized spacial score (nSPS) is 14.6. The molecule has 1 aromatic rings. The lowest BCUT2D eigenvalue weighted by atomic mass is 9.83. The lowest BCUT2D eigenvalue weighted by molar-refractivity contribution is 0.123. The number of nitrogens with two attached hydrogens (primary N) is 1. The molecule has 21 heavy (non-hydrogen) atoms. The Labute approximate surface area is 125 Å². The van der Waals surface area contributed by atoms with Gasteiger partial charge in [0.05, 0.1) is 11.7 Å². The van der Waals surface area contributed by atoms with Crippen LogP contribution >= 0.6 is 12.4 Å². The van der Waals surface area contributed by atoms with Crippen LogP contribution in [0.2, 0.25) is 0 Å². The van der Waals surface area contributed by atoms with Gasteiger partial charge in [-0.1, -0.05) is 20.8 Å². The molecule has 0 aliphatic carbocycles. The Kier molecular flexibility index (Phi) is 6.59. The van der Waals surface area contributed by atoms with Crippen molar-refractivity contribution >= 4 is 12.4 Å². The average Bonchev–Trinajstić information content (AvgIpc) is 2.33. The highest BCUT2D eigenvalue weighted by Crippen LogP contribution is 2.32. The molecule has 2 atom stereocenters. The van der Waals surface area contributed by atoms with Crippen molar-refractivity contribution in [3.63, 3.8) is 0 Å². The van der Waals surface area contributed by atoms with E-state index in [4.69, 9.17) is 5.73 Å². The maximum Gasteiger partial charge on any atom is 0.200 e. The van der Waals surface area contributed by atoms with Crippen LogP contribution in [0.3, 0.4) is 0 Å². The number of halogens is 6. The molecule has 0 amide bonds. The van der Waals surface area contributed by atoms with E-state index in [1.165, 1.54) is 0 Å². The van der Waals surface area contributed by atoms with Crippen LogP contribution in [0.15, 0.2) is 0 Å². The lowest BCUT2D eigenvalue weighted by Crippen LogP contribution is -2.36. The van der Waals surface area contributed by atoms with Gasteiger partial charge in [0, 0.05) is 6.04 Å². The van der Waals surface area contributed by atoms with Gasteiger partial charge in [-0.25, -0.2) is 22.0 Å². The van der Waals surface area contributed by atoms with Gasteiger partial charge in [-0.05, 0) is 11.8 Å². The molecule has 1 rings (SSSR count). The zero-order chi connectivity index (χ0) is 15.8. The highest BCUT2D eigenvalue weighted by Gasteiger charge is 2.32. The summed E-state index contributed by atoms with van der Waals surface area (Å²) in [4.78, 5) is 0. The fourth-order valence-electron chi connectivity index (χ4n) is 1.63. The summed E-state index contributed by atoms with van der Waals surface area (Å²) in [6, 6.07) is -0.688. The van der Waals surface area contributed by atoms with Crippen LogP contribution in [0.1, 0.15) is 38.9 Å². The quantitative estimate of drug-likeness (QED) is 0.504. The molecule has 122 valence electrons. The summed E-state index contributed by atoms with van der Waals surface area (Å²) >= 11 is 0. The molecule has 0 aliphatic heterocycles. The summed E-state index contributed by atoms with van der Waals surface area (Å²) in [6.45, 7) is 5.18.